The average molecular weight is 261 g/mol. The highest BCUT2D eigenvalue weighted by Gasteiger charge is 2.06. The molecule has 0 unspecified atom stereocenters. The van der Waals surface area contributed by atoms with Crippen molar-refractivity contribution in [1.29, 1.82) is 5.26 Å². The second kappa shape index (κ2) is 5.34. The Hall–Kier alpha value is -2.32. The number of benzene rings is 1. The number of hydrogen-bond donors (Lipinski definition) is 1. The number of aromatic nitrogens is 2. The van der Waals surface area contributed by atoms with Crippen molar-refractivity contribution in [3.63, 3.8) is 0 Å². The zero-order chi connectivity index (χ0) is 13.0. The summed E-state index contributed by atoms with van der Waals surface area (Å²) in [4.78, 5) is 7.78. The lowest BCUT2D eigenvalue weighted by atomic mass is 10.2. The first-order valence-electron chi connectivity index (χ1n) is 5.05. The van der Waals surface area contributed by atoms with Gasteiger partial charge in [0, 0.05) is 5.69 Å². The molecule has 0 atom stereocenters. The van der Waals surface area contributed by atoms with Crippen molar-refractivity contribution in [2.24, 2.45) is 0 Å². The first-order valence-corrected chi connectivity index (χ1v) is 5.43. The third-order valence-electron chi connectivity index (χ3n) is 2.25. The number of ether oxygens (including phenoxy) is 1. The monoisotopic (exact) mass is 260 g/mol. The molecule has 1 aromatic heterocycles. The third kappa shape index (κ3) is 2.50. The first kappa shape index (κ1) is 12.1. The molecular weight excluding hydrogens is 252 g/mol. The van der Waals surface area contributed by atoms with Crippen LogP contribution in [0.3, 0.4) is 0 Å². The maximum absolute atomic E-state index is 8.92. The van der Waals surface area contributed by atoms with Crippen LogP contribution in [0.4, 0.5) is 11.5 Å². The Morgan fingerprint density at radius 1 is 1.44 bits per heavy atom. The molecular formula is C12H9ClN4O. The zero-order valence-corrected chi connectivity index (χ0v) is 10.3. The molecule has 0 aliphatic carbocycles. The molecule has 1 N–H and O–H groups in total. The number of rotatable bonds is 3. The van der Waals surface area contributed by atoms with E-state index in [0.717, 1.165) is 5.69 Å². The van der Waals surface area contributed by atoms with E-state index in [0.29, 0.717) is 22.2 Å². The van der Waals surface area contributed by atoms with Gasteiger partial charge in [-0.15, -0.1) is 0 Å². The van der Waals surface area contributed by atoms with Gasteiger partial charge in [-0.2, -0.15) is 5.26 Å². The summed E-state index contributed by atoms with van der Waals surface area (Å²) in [7, 11) is 1.55. The molecule has 90 valence electrons. The Morgan fingerprint density at radius 2 is 2.28 bits per heavy atom. The van der Waals surface area contributed by atoms with Gasteiger partial charge in [0.2, 0.25) is 0 Å². The van der Waals surface area contributed by atoms with Gasteiger partial charge in [0.15, 0.2) is 5.82 Å². The number of halogens is 1. The van der Waals surface area contributed by atoms with E-state index in [1.165, 1.54) is 12.5 Å². The van der Waals surface area contributed by atoms with Gasteiger partial charge in [0.1, 0.15) is 23.7 Å². The molecule has 0 saturated heterocycles. The van der Waals surface area contributed by atoms with Crippen LogP contribution in [0, 0.1) is 11.3 Å². The minimum atomic E-state index is 0.365. The van der Waals surface area contributed by atoms with Gasteiger partial charge in [-0.25, -0.2) is 9.97 Å². The van der Waals surface area contributed by atoms with Crippen LogP contribution >= 0.6 is 11.6 Å². The van der Waals surface area contributed by atoms with E-state index in [1.54, 1.807) is 25.3 Å². The van der Waals surface area contributed by atoms with Crippen LogP contribution in [0.25, 0.3) is 0 Å². The van der Waals surface area contributed by atoms with Crippen molar-refractivity contribution >= 4 is 23.1 Å². The Balaban J connectivity index is 2.29. The minimum Gasteiger partial charge on any atom is -0.495 e. The highest BCUT2D eigenvalue weighted by Crippen LogP contribution is 2.28. The predicted molar refractivity (Wildman–Crippen MR) is 68.0 cm³/mol. The topological polar surface area (TPSA) is 70.8 Å². The lowest BCUT2D eigenvalue weighted by Crippen LogP contribution is -1.97. The van der Waals surface area contributed by atoms with E-state index < -0.39 is 0 Å². The normalized spacial score (nSPS) is 9.61. The zero-order valence-electron chi connectivity index (χ0n) is 9.51. The number of hydrogen-bond acceptors (Lipinski definition) is 5. The van der Waals surface area contributed by atoms with Crippen molar-refractivity contribution in [2.75, 3.05) is 12.4 Å². The van der Waals surface area contributed by atoms with Gasteiger partial charge in [0.05, 0.1) is 18.3 Å². The summed E-state index contributed by atoms with van der Waals surface area (Å²) in [5.74, 6) is 1.03. The van der Waals surface area contributed by atoms with Crippen molar-refractivity contribution in [3.05, 3.63) is 41.3 Å². The standard InChI is InChI=1S/C12H9ClN4O/c1-18-11-3-2-9(4-10(11)13)17-12-8(5-14)6-15-7-16-12/h2-4,6-7H,1H3,(H,15,16,17). The summed E-state index contributed by atoms with van der Waals surface area (Å²) in [6, 6.07) is 7.23. The molecule has 6 heteroatoms. The van der Waals surface area contributed by atoms with E-state index in [1.807, 2.05) is 6.07 Å². The predicted octanol–water partition coefficient (Wildman–Crippen LogP) is 2.75. The van der Waals surface area contributed by atoms with E-state index in [2.05, 4.69) is 15.3 Å². The van der Waals surface area contributed by atoms with E-state index in [4.69, 9.17) is 21.6 Å². The number of nitrogens with one attached hydrogen (secondary N) is 1. The van der Waals surface area contributed by atoms with Gasteiger partial charge in [-0.1, -0.05) is 11.6 Å². The summed E-state index contributed by atoms with van der Waals surface area (Å²) in [6.07, 6.45) is 2.81. The number of nitrogens with zero attached hydrogens (tertiary/aromatic N) is 3. The molecule has 0 fully saturated rings. The molecule has 0 amide bonds. The molecule has 5 nitrogen and oxygen atoms in total. The van der Waals surface area contributed by atoms with Gasteiger partial charge < -0.3 is 10.1 Å². The second-order valence-corrected chi connectivity index (χ2v) is 3.78. The number of anilines is 2. The van der Waals surface area contributed by atoms with Crippen molar-refractivity contribution < 1.29 is 4.74 Å². The molecule has 2 rings (SSSR count). The highest BCUT2D eigenvalue weighted by molar-refractivity contribution is 6.32. The van der Waals surface area contributed by atoms with Crippen LogP contribution in [-0.2, 0) is 0 Å². The molecule has 0 bridgehead atoms. The molecule has 1 heterocycles. The molecule has 2 aromatic rings. The maximum Gasteiger partial charge on any atom is 0.151 e. The Morgan fingerprint density at radius 3 is 2.94 bits per heavy atom. The van der Waals surface area contributed by atoms with Crippen LogP contribution in [-0.4, -0.2) is 17.1 Å². The smallest absolute Gasteiger partial charge is 0.151 e. The molecule has 0 aliphatic rings. The Kier molecular flexibility index (Phi) is 3.60. The summed E-state index contributed by atoms with van der Waals surface area (Å²) in [6.45, 7) is 0. The van der Waals surface area contributed by atoms with Crippen LogP contribution < -0.4 is 10.1 Å². The summed E-state index contributed by atoms with van der Waals surface area (Å²) < 4.78 is 5.06. The summed E-state index contributed by atoms with van der Waals surface area (Å²) in [5.41, 5.74) is 1.08. The van der Waals surface area contributed by atoms with Crippen molar-refractivity contribution in [2.45, 2.75) is 0 Å². The molecule has 0 spiro atoms. The van der Waals surface area contributed by atoms with E-state index in [9.17, 15) is 0 Å². The lowest BCUT2D eigenvalue weighted by Gasteiger charge is -2.08. The van der Waals surface area contributed by atoms with E-state index in [-0.39, 0.29) is 0 Å². The van der Waals surface area contributed by atoms with Gasteiger partial charge >= 0.3 is 0 Å². The fourth-order valence-corrected chi connectivity index (χ4v) is 1.65. The van der Waals surface area contributed by atoms with Gasteiger partial charge in [0.25, 0.3) is 0 Å². The van der Waals surface area contributed by atoms with Gasteiger partial charge in [-0.3, -0.25) is 0 Å². The summed E-state index contributed by atoms with van der Waals surface area (Å²) in [5, 5.41) is 12.4. The Labute approximate surface area is 109 Å². The first-order chi connectivity index (χ1) is 8.74. The maximum atomic E-state index is 8.92. The largest absolute Gasteiger partial charge is 0.495 e. The molecule has 0 aliphatic heterocycles. The molecule has 1 aromatic carbocycles. The molecule has 0 saturated carbocycles. The highest BCUT2D eigenvalue weighted by atomic mass is 35.5. The van der Waals surface area contributed by atoms with Crippen LogP contribution in [0.5, 0.6) is 5.75 Å². The average Bonchev–Trinajstić information content (AvgIpc) is 2.39. The van der Waals surface area contributed by atoms with Crippen molar-refractivity contribution in [3.8, 4) is 11.8 Å². The molecule has 0 radical (unpaired) electrons. The Bertz CT molecular complexity index is 609. The SMILES string of the molecule is COc1ccc(Nc2ncncc2C#N)cc1Cl. The van der Waals surface area contributed by atoms with Crippen LogP contribution in [0.2, 0.25) is 5.02 Å². The fraction of sp³-hybridized carbons (Fsp3) is 0.0833. The van der Waals surface area contributed by atoms with Crippen LogP contribution in [0.15, 0.2) is 30.7 Å². The molecule has 18 heavy (non-hydrogen) atoms. The number of methoxy groups -OCH3 is 1. The lowest BCUT2D eigenvalue weighted by molar-refractivity contribution is 0.415. The van der Waals surface area contributed by atoms with E-state index >= 15 is 0 Å². The van der Waals surface area contributed by atoms with Crippen molar-refractivity contribution in [1.82, 2.24) is 9.97 Å². The van der Waals surface area contributed by atoms with Gasteiger partial charge in [-0.05, 0) is 18.2 Å². The number of nitriles is 1. The second-order valence-electron chi connectivity index (χ2n) is 3.37. The fourth-order valence-electron chi connectivity index (χ4n) is 1.39. The minimum absolute atomic E-state index is 0.365. The third-order valence-corrected chi connectivity index (χ3v) is 2.54. The quantitative estimate of drug-likeness (QED) is 0.919. The van der Waals surface area contributed by atoms with Crippen LogP contribution in [0.1, 0.15) is 5.56 Å². The summed E-state index contributed by atoms with van der Waals surface area (Å²) >= 11 is 6.01.